The summed E-state index contributed by atoms with van der Waals surface area (Å²) < 4.78 is 1.92. The predicted octanol–water partition coefficient (Wildman–Crippen LogP) is 3.12. The quantitative estimate of drug-likeness (QED) is 0.838. The zero-order chi connectivity index (χ0) is 13.3. The van der Waals surface area contributed by atoms with Gasteiger partial charge in [0.15, 0.2) is 0 Å². The predicted molar refractivity (Wildman–Crippen MR) is 75.5 cm³/mol. The van der Waals surface area contributed by atoms with Crippen LogP contribution in [0.2, 0.25) is 0 Å². The van der Waals surface area contributed by atoms with Crippen molar-refractivity contribution in [2.75, 3.05) is 0 Å². The summed E-state index contributed by atoms with van der Waals surface area (Å²) in [5, 5.41) is 13.7. The number of hydrogen-bond donors (Lipinski definition) is 0. The molecule has 2 atom stereocenters. The van der Waals surface area contributed by atoms with Gasteiger partial charge in [0.05, 0.1) is 17.1 Å². The normalized spacial score (nSPS) is 27.1. The van der Waals surface area contributed by atoms with E-state index in [9.17, 15) is 0 Å². The molecule has 0 N–H and O–H groups in total. The molecule has 0 radical (unpaired) electrons. The number of rotatable bonds is 2. The molecule has 0 aliphatic heterocycles. The molecule has 102 valence electrons. The first kappa shape index (κ1) is 11.0. The Labute approximate surface area is 118 Å². The van der Waals surface area contributed by atoms with Gasteiger partial charge in [-0.2, -0.15) is 15.3 Å². The molecule has 0 amide bonds. The van der Waals surface area contributed by atoms with Gasteiger partial charge in [-0.3, -0.25) is 4.68 Å². The molecule has 5 rings (SSSR count). The maximum absolute atomic E-state index is 4.64. The molecule has 2 bridgehead atoms. The Morgan fingerprint density at radius 1 is 1.00 bits per heavy atom. The van der Waals surface area contributed by atoms with Gasteiger partial charge in [-0.25, -0.2) is 0 Å². The van der Waals surface area contributed by atoms with Crippen LogP contribution in [0.15, 0.2) is 12.3 Å². The van der Waals surface area contributed by atoms with Gasteiger partial charge in [0, 0.05) is 30.6 Å². The topological polar surface area (TPSA) is 43.6 Å². The molecule has 2 heterocycles. The van der Waals surface area contributed by atoms with E-state index >= 15 is 0 Å². The number of aryl methyl sites for hydroxylation is 1. The van der Waals surface area contributed by atoms with E-state index in [-0.39, 0.29) is 0 Å². The van der Waals surface area contributed by atoms with Gasteiger partial charge in [-0.15, -0.1) is 0 Å². The Balaban J connectivity index is 1.64. The van der Waals surface area contributed by atoms with Gasteiger partial charge in [0.2, 0.25) is 0 Å². The highest BCUT2D eigenvalue weighted by Gasteiger charge is 2.39. The SMILES string of the molecule is Cn1cc(-c2cc3c(nn2)C2CCC3C2)c(C2CC2)n1. The molecule has 4 nitrogen and oxygen atoms in total. The second kappa shape index (κ2) is 3.68. The third-order valence-electron chi connectivity index (χ3n) is 5.21. The monoisotopic (exact) mass is 266 g/mol. The van der Waals surface area contributed by atoms with Gasteiger partial charge in [0.1, 0.15) is 0 Å². The number of hydrogen-bond acceptors (Lipinski definition) is 3. The van der Waals surface area contributed by atoms with Crippen molar-refractivity contribution >= 4 is 0 Å². The van der Waals surface area contributed by atoms with E-state index in [1.165, 1.54) is 54.6 Å². The van der Waals surface area contributed by atoms with E-state index in [1.807, 2.05) is 11.7 Å². The van der Waals surface area contributed by atoms with E-state index in [0.29, 0.717) is 11.8 Å². The smallest absolute Gasteiger partial charge is 0.0967 e. The third kappa shape index (κ3) is 1.45. The highest BCUT2D eigenvalue weighted by molar-refractivity contribution is 5.64. The van der Waals surface area contributed by atoms with Crippen molar-refractivity contribution in [2.45, 2.75) is 49.9 Å². The van der Waals surface area contributed by atoms with Crippen LogP contribution in [0, 0.1) is 0 Å². The molecule has 2 fully saturated rings. The van der Waals surface area contributed by atoms with E-state index in [0.717, 1.165) is 11.6 Å². The Bertz CT molecular complexity index is 698. The zero-order valence-corrected chi connectivity index (χ0v) is 11.7. The zero-order valence-electron chi connectivity index (χ0n) is 11.7. The van der Waals surface area contributed by atoms with Crippen molar-refractivity contribution in [3.63, 3.8) is 0 Å². The average molecular weight is 266 g/mol. The van der Waals surface area contributed by atoms with Gasteiger partial charge in [-0.05, 0) is 49.7 Å². The fourth-order valence-corrected chi connectivity index (χ4v) is 4.07. The minimum Gasteiger partial charge on any atom is -0.275 e. The largest absolute Gasteiger partial charge is 0.275 e. The van der Waals surface area contributed by atoms with Crippen molar-refractivity contribution in [3.8, 4) is 11.3 Å². The summed E-state index contributed by atoms with van der Waals surface area (Å²) in [4.78, 5) is 0. The first-order valence-electron chi connectivity index (χ1n) is 7.71. The van der Waals surface area contributed by atoms with E-state index in [1.54, 1.807) is 0 Å². The van der Waals surface area contributed by atoms with Crippen molar-refractivity contribution in [2.24, 2.45) is 7.05 Å². The number of nitrogens with zero attached hydrogens (tertiary/aromatic N) is 4. The Morgan fingerprint density at radius 2 is 1.80 bits per heavy atom. The fourth-order valence-electron chi connectivity index (χ4n) is 4.07. The van der Waals surface area contributed by atoms with E-state index < -0.39 is 0 Å². The molecule has 0 spiro atoms. The number of fused-ring (bicyclic) bond motifs is 5. The lowest BCUT2D eigenvalue weighted by Crippen LogP contribution is -2.04. The molecule has 4 heteroatoms. The van der Waals surface area contributed by atoms with Crippen LogP contribution >= 0.6 is 0 Å². The van der Waals surface area contributed by atoms with Gasteiger partial charge >= 0.3 is 0 Å². The second-order valence-electron chi connectivity index (χ2n) is 6.65. The molecule has 0 aromatic carbocycles. The Hall–Kier alpha value is -1.71. The summed E-state index contributed by atoms with van der Waals surface area (Å²) in [5.74, 6) is 2.08. The summed E-state index contributed by atoms with van der Waals surface area (Å²) in [6.45, 7) is 0. The fraction of sp³-hybridized carbons (Fsp3) is 0.562. The van der Waals surface area contributed by atoms with Gasteiger partial charge < -0.3 is 0 Å². The van der Waals surface area contributed by atoms with Crippen molar-refractivity contribution in [1.82, 2.24) is 20.0 Å². The van der Waals surface area contributed by atoms with Crippen LogP contribution in [0.3, 0.4) is 0 Å². The maximum atomic E-state index is 4.64. The van der Waals surface area contributed by atoms with Crippen LogP contribution in [-0.4, -0.2) is 20.0 Å². The molecular weight excluding hydrogens is 248 g/mol. The van der Waals surface area contributed by atoms with Crippen LogP contribution in [0.5, 0.6) is 0 Å². The van der Waals surface area contributed by atoms with Crippen LogP contribution in [0.1, 0.15) is 66.8 Å². The maximum Gasteiger partial charge on any atom is 0.0967 e. The highest BCUT2D eigenvalue weighted by Crippen LogP contribution is 2.52. The average Bonchev–Trinajstić information content (AvgIpc) is 2.94. The van der Waals surface area contributed by atoms with Gasteiger partial charge in [0.25, 0.3) is 0 Å². The molecular formula is C16H18N4. The molecule has 3 aliphatic rings. The summed E-state index contributed by atoms with van der Waals surface area (Å²) in [6, 6.07) is 2.30. The molecule has 0 saturated heterocycles. The molecule has 2 unspecified atom stereocenters. The minimum absolute atomic E-state index is 0.651. The molecule has 3 aliphatic carbocycles. The second-order valence-corrected chi connectivity index (χ2v) is 6.65. The van der Waals surface area contributed by atoms with Crippen molar-refractivity contribution < 1.29 is 0 Å². The lowest BCUT2D eigenvalue weighted by Gasteiger charge is -2.13. The lowest BCUT2D eigenvalue weighted by atomic mass is 9.95. The minimum atomic E-state index is 0.651. The summed E-state index contributed by atoms with van der Waals surface area (Å²) in [7, 11) is 2.00. The molecule has 2 aromatic heterocycles. The third-order valence-corrected chi connectivity index (χ3v) is 5.21. The van der Waals surface area contributed by atoms with Crippen LogP contribution < -0.4 is 0 Å². The summed E-state index contributed by atoms with van der Waals surface area (Å²) in [5.41, 5.74) is 6.21. The first-order chi connectivity index (χ1) is 9.79. The lowest BCUT2D eigenvalue weighted by molar-refractivity contribution is 0.681. The van der Waals surface area contributed by atoms with Crippen LogP contribution in [0.25, 0.3) is 11.3 Å². The van der Waals surface area contributed by atoms with Crippen LogP contribution in [0.4, 0.5) is 0 Å². The standard InChI is InChI=1S/C16H18N4/c1-20-8-13(16(19-20)9-2-3-9)14-7-12-10-4-5-11(6-10)15(12)18-17-14/h7-11H,2-6H2,1H3. The van der Waals surface area contributed by atoms with Crippen molar-refractivity contribution in [1.29, 1.82) is 0 Å². The summed E-state index contributed by atoms with van der Waals surface area (Å²) >= 11 is 0. The van der Waals surface area contributed by atoms with E-state index in [2.05, 4.69) is 27.6 Å². The molecule has 2 saturated carbocycles. The summed E-state index contributed by atoms with van der Waals surface area (Å²) in [6.07, 6.45) is 8.60. The van der Waals surface area contributed by atoms with Crippen LogP contribution in [-0.2, 0) is 7.05 Å². The Morgan fingerprint density at radius 3 is 2.65 bits per heavy atom. The van der Waals surface area contributed by atoms with Gasteiger partial charge in [-0.1, -0.05) is 0 Å². The highest BCUT2D eigenvalue weighted by atomic mass is 15.3. The van der Waals surface area contributed by atoms with Crippen molar-refractivity contribution in [3.05, 3.63) is 29.2 Å². The van der Waals surface area contributed by atoms with E-state index in [4.69, 9.17) is 0 Å². The molecule has 20 heavy (non-hydrogen) atoms. The first-order valence-corrected chi connectivity index (χ1v) is 7.71. The molecule has 2 aromatic rings. The Kier molecular flexibility index (Phi) is 2.03. The number of aromatic nitrogens is 4.